The normalized spacial score (nSPS) is 13.6. The lowest BCUT2D eigenvalue weighted by atomic mass is 10.1. The molecule has 0 unspecified atom stereocenters. The number of carbonyl (C=O) groups is 1. The van der Waals surface area contributed by atoms with E-state index in [1.165, 1.54) is 17.0 Å². The van der Waals surface area contributed by atoms with Gasteiger partial charge in [0.1, 0.15) is 10.7 Å². The summed E-state index contributed by atoms with van der Waals surface area (Å²) in [5, 5.41) is 3.35. The second-order valence-corrected chi connectivity index (χ2v) is 8.11. The second kappa shape index (κ2) is 7.62. The van der Waals surface area contributed by atoms with Gasteiger partial charge in [-0.15, -0.1) is 11.3 Å². The number of fused-ring (bicyclic) bond motifs is 3. The standard InChI is InChI=1S/C20H18F3N3O2S/c21-20(22,23)12-6-4-11(5-7-12)10-24-16(27)9-8-15-25-18(28)17-13-2-1-3-14(13)29-19(17)26-15/h4-7H,1-3,8-10H2,(H,24,27)(H,25,26,28). The molecular weight excluding hydrogens is 403 g/mol. The molecule has 2 heterocycles. The van der Waals surface area contributed by atoms with Gasteiger partial charge >= 0.3 is 6.18 Å². The number of amides is 1. The maximum Gasteiger partial charge on any atom is 0.416 e. The van der Waals surface area contributed by atoms with E-state index < -0.39 is 11.7 Å². The molecule has 0 spiro atoms. The maximum absolute atomic E-state index is 12.6. The summed E-state index contributed by atoms with van der Waals surface area (Å²) in [4.78, 5) is 33.7. The predicted molar refractivity (Wildman–Crippen MR) is 104 cm³/mol. The van der Waals surface area contributed by atoms with Crippen LogP contribution in [0.25, 0.3) is 10.2 Å². The minimum Gasteiger partial charge on any atom is -0.352 e. The molecule has 0 saturated heterocycles. The van der Waals surface area contributed by atoms with Crippen LogP contribution >= 0.6 is 11.3 Å². The first-order valence-electron chi connectivity index (χ1n) is 9.27. The molecule has 9 heteroatoms. The van der Waals surface area contributed by atoms with Crippen LogP contribution in [0.2, 0.25) is 0 Å². The summed E-state index contributed by atoms with van der Waals surface area (Å²) < 4.78 is 37.7. The first-order chi connectivity index (χ1) is 13.8. The zero-order valence-electron chi connectivity index (χ0n) is 15.4. The molecule has 2 aromatic heterocycles. The summed E-state index contributed by atoms with van der Waals surface area (Å²) in [5.74, 6) is 0.202. The quantitative estimate of drug-likeness (QED) is 0.659. The highest BCUT2D eigenvalue weighted by Crippen LogP contribution is 2.34. The molecule has 0 saturated carbocycles. The fraction of sp³-hybridized carbons (Fsp3) is 0.350. The van der Waals surface area contributed by atoms with Gasteiger partial charge in [-0.05, 0) is 42.5 Å². The summed E-state index contributed by atoms with van der Waals surface area (Å²) in [6.45, 7) is 0.137. The molecule has 1 aliphatic rings. The average molecular weight is 421 g/mol. The third-order valence-corrected chi connectivity index (χ3v) is 6.17. The third-order valence-electron chi connectivity index (χ3n) is 4.98. The molecule has 4 rings (SSSR count). The van der Waals surface area contributed by atoms with Gasteiger partial charge in [-0.1, -0.05) is 12.1 Å². The Hall–Kier alpha value is -2.68. The highest BCUT2D eigenvalue weighted by molar-refractivity contribution is 7.18. The number of H-pyrrole nitrogens is 1. The number of nitrogens with zero attached hydrogens (tertiary/aromatic N) is 1. The number of aromatic nitrogens is 2. The Bertz CT molecular complexity index is 1120. The van der Waals surface area contributed by atoms with Crippen molar-refractivity contribution in [2.45, 2.75) is 44.8 Å². The van der Waals surface area contributed by atoms with Crippen molar-refractivity contribution < 1.29 is 18.0 Å². The molecule has 29 heavy (non-hydrogen) atoms. The number of alkyl halides is 3. The van der Waals surface area contributed by atoms with Crippen LogP contribution in [-0.2, 0) is 36.8 Å². The van der Waals surface area contributed by atoms with Crippen LogP contribution < -0.4 is 10.9 Å². The molecule has 3 aromatic rings. The van der Waals surface area contributed by atoms with Gasteiger partial charge in [-0.2, -0.15) is 13.2 Å². The summed E-state index contributed by atoms with van der Waals surface area (Å²) >= 11 is 1.55. The van der Waals surface area contributed by atoms with Crippen LogP contribution in [0.5, 0.6) is 0 Å². The van der Waals surface area contributed by atoms with Crippen molar-refractivity contribution in [3.05, 3.63) is 62.0 Å². The maximum atomic E-state index is 12.6. The van der Waals surface area contributed by atoms with Crippen molar-refractivity contribution in [2.24, 2.45) is 0 Å². The summed E-state index contributed by atoms with van der Waals surface area (Å²) in [6.07, 6.45) is -1.01. The minimum absolute atomic E-state index is 0.125. The third kappa shape index (κ3) is 4.19. The molecule has 0 radical (unpaired) electrons. The Morgan fingerprint density at radius 1 is 1.21 bits per heavy atom. The Labute approximate surface area is 168 Å². The minimum atomic E-state index is -4.38. The molecule has 1 amide bonds. The number of nitrogens with one attached hydrogen (secondary N) is 2. The largest absolute Gasteiger partial charge is 0.416 e. The van der Waals surface area contributed by atoms with E-state index in [0.717, 1.165) is 41.8 Å². The van der Waals surface area contributed by atoms with E-state index in [9.17, 15) is 22.8 Å². The van der Waals surface area contributed by atoms with E-state index in [4.69, 9.17) is 0 Å². The lowest BCUT2D eigenvalue weighted by molar-refractivity contribution is -0.137. The zero-order chi connectivity index (χ0) is 20.6. The number of carbonyl (C=O) groups excluding carboxylic acids is 1. The van der Waals surface area contributed by atoms with E-state index in [1.807, 2.05) is 0 Å². The van der Waals surface area contributed by atoms with Gasteiger partial charge in [-0.25, -0.2) is 4.98 Å². The van der Waals surface area contributed by atoms with Gasteiger partial charge in [0.25, 0.3) is 5.56 Å². The van der Waals surface area contributed by atoms with Gasteiger partial charge in [0, 0.05) is 24.3 Å². The Morgan fingerprint density at radius 3 is 2.69 bits per heavy atom. The Balaban J connectivity index is 1.34. The lowest BCUT2D eigenvalue weighted by Crippen LogP contribution is -2.23. The predicted octanol–water partition coefficient (Wildman–Crippen LogP) is 3.74. The van der Waals surface area contributed by atoms with E-state index >= 15 is 0 Å². The molecule has 1 aromatic carbocycles. The van der Waals surface area contributed by atoms with Crippen LogP contribution in [0.4, 0.5) is 13.2 Å². The molecule has 0 aliphatic heterocycles. The van der Waals surface area contributed by atoms with Crippen molar-refractivity contribution in [1.82, 2.24) is 15.3 Å². The van der Waals surface area contributed by atoms with E-state index in [0.29, 0.717) is 16.8 Å². The SMILES string of the molecule is O=C(CCc1nc2sc3c(c2c(=O)[nH]1)CCC3)NCc1ccc(C(F)(F)F)cc1. The van der Waals surface area contributed by atoms with Crippen LogP contribution in [-0.4, -0.2) is 15.9 Å². The lowest BCUT2D eigenvalue weighted by Gasteiger charge is -2.08. The number of aromatic amines is 1. The van der Waals surface area contributed by atoms with Gasteiger partial charge < -0.3 is 10.3 Å². The molecular formula is C20H18F3N3O2S. The molecule has 1 aliphatic carbocycles. The van der Waals surface area contributed by atoms with Gasteiger partial charge in [0.2, 0.25) is 5.91 Å². The highest BCUT2D eigenvalue weighted by Gasteiger charge is 2.29. The van der Waals surface area contributed by atoms with Crippen LogP contribution in [0, 0.1) is 0 Å². The molecule has 5 nitrogen and oxygen atoms in total. The fourth-order valence-electron chi connectivity index (χ4n) is 3.50. The molecule has 0 atom stereocenters. The first kappa shape index (κ1) is 19.6. The Morgan fingerprint density at radius 2 is 1.97 bits per heavy atom. The number of benzene rings is 1. The van der Waals surface area contributed by atoms with Crippen molar-refractivity contribution in [1.29, 1.82) is 0 Å². The van der Waals surface area contributed by atoms with Crippen molar-refractivity contribution >= 4 is 27.5 Å². The molecule has 0 bridgehead atoms. The van der Waals surface area contributed by atoms with E-state index in [1.54, 1.807) is 11.3 Å². The number of hydrogen-bond acceptors (Lipinski definition) is 4. The number of halogens is 3. The van der Waals surface area contributed by atoms with Gasteiger partial charge in [0.15, 0.2) is 0 Å². The van der Waals surface area contributed by atoms with Gasteiger partial charge in [-0.3, -0.25) is 9.59 Å². The van der Waals surface area contributed by atoms with E-state index in [2.05, 4.69) is 15.3 Å². The molecule has 2 N–H and O–H groups in total. The first-order valence-corrected chi connectivity index (χ1v) is 10.1. The zero-order valence-corrected chi connectivity index (χ0v) is 16.2. The number of aryl methyl sites for hydroxylation is 3. The van der Waals surface area contributed by atoms with Crippen molar-refractivity contribution in [3.8, 4) is 0 Å². The summed E-state index contributed by atoms with van der Waals surface area (Å²) in [5.41, 5.74) is 0.805. The Kier molecular flexibility index (Phi) is 5.16. The van der Waals surface area contributed by atoms with Crippen LogP contribution in [0.3, 0.4) is 0 Å². The monoisotopic (exact) mass is 421 g/mol. The van der Waals surface area contributed by atoms with Crippen molar-refractivity contribution in [3.63, 3.8) is 0 Å². The summed E-state index contributed by atoms with van der Waals surface area (Å²) in [6, 6.07) is 4.66. The number of rotatable bonds is 5. The van der Waals surface area contributed by atoms with Gasteiger partial charge in [0.05, 0.1) is 10.9 Å². The van der Waals surface area contributed by atoms with Crippen molar-refractivity contribution in [2.75, 3.05) is 0 Å². The number of thiophene rings is 1. The topological polar surface area (TPSA) is 74.8 Å². The molecule has 152 valence electrons. The number of hydrogen-bond donors (Lipinski definition) is 2. The van der Waals surface area contributed by atoms with Crippen LogP contribution in [0.15, 0.2) is 29.1 Å². The average Bonchev–Trinajstić information content (AvgIpc) is 3.25. The second-order valence-electron chi connectivity index (χ2n) is 7.02. The van der Waals surface area contributed by atoms with Crippen LogP contribution in [0.1, 0.15) is 40.2 Å². The fourth-order valence-corrected chi connectivity index (χ4v) is 4.78. The highest BCUT2D eigenvalue weighted by atomic mass is 32.1. The smallest absolute Gasteiger partial charge is 0.352 e. The van der Waals surface area contributed by atoms with E-state index in [-0.39, 0.29) is 30.9 Å². The summed E-state index contributed by atoms with van der Waals surface area (Å²) in [7, 11) is 0. The molecule has 0 fully saturated rings.